The van der Waals surface area contributed by atoms with Crippen molar-refractivity contribution in [3.05, 3.63) is 60.7 Å². The molecule has 0 bridgehead atoms. The van der Waals surface area contributed by atoms with Crippen LogP contribution in [0.15, 0.2) is 60.7 Å². The van der Waals surface area contributed by atoms with E-state index in [1.165, 1.54) is 42.5 Å². The summed E-state index contributed by atoms with van der Waals surface area (Å²) < 4.78 is 6.19. The van der Waals surface area contributed by atoms with E-state index >= 15 is 0 Å². The summed E-state index contributed by atoms with van der Waals surface area (Å²) in [4.78, 5) is 0. The van der Waals surface area contributed by atoms with Gasteiger partial charge in [0.15, 0.2) is 8.80 Å². The van der Waals surface area contributed by atoms with E-state index in [1.54, 1.807) is 0 Å². The molecule has 1 fully saturated rings. The Bertz CT molecular complexity index is 495. The molecule has 0 spiro atoms. The number of rotatable bonds is 6. The molecule has 0 N–H and O–H groups in total. The smallest absolute Gasteiger partial charge is 0.150 e. The zero-order valence-corrected chi connectivity index (χ0v) is 14.2. The van der Waals surface area contributed by atoms with Crippen LogP contribution >= 0.6 is 0 Å². The van der Waals surface area contributed by atoms with Gasteiger partial charge in [0.05, 0.1) is 0 Å². The maximum Gasteiger partial charge on any atom is 0.150 e. The molecule has 1 aliphatic carbocycles. The molecule has 2 aromatic rings. The quantitative estimate of drug-likeness (QED) is 0.743. The second-order valence-electron chi connectivity index (χ2n) is 6.23. The molecule has 0 amide bonds. The Morgan fingerprint density at radius 2 is 1.32 bits per heavy atom. The van der Waals surface area contributed by atoms with Crippen molar-refractivity contribution in [3.8, 4) is 0 Å². The Labute approximate surface area is 135 Å². The molecule has 1 nitrogen and oxygen atoms in total. The van der Waals surface area contributed by atoms with E-state index in [2.05, 4.69) is 60.7 Å². The Morgan fingerprint density at radius 3 is 1.86 bits per heavy atom. The van der Waals surface area contributed by atoms with Crippen LogP contribution in [0, 0.1) is 5.92 Å². The molecule has 1 aliphatic rings. The van der Waals surface area contributed by atoms with Gasteiger partial charge in [-0.2, -0.15) is 0 Å². The minimum atomic E-state index is -0.822. The lowest BCUT2D eigenvalue weighted by Crippen LogP contribution is -2.46. The number of ether oxygens (including phenoxy) is 1. The van der Waals surface area contributed by atoms with Crippen LogP contribution in [0.1, 0.15) is 32.1 Å². The van der Waals surface area contributed by atoms with E-state index in [0.717, 1.165) is 18.8 Å². The first kappa shape index (κ1) is 15.5. The SMILES string of the molecule is c1ccc([Si](COCC2CCCCC2)c2ccccc2)cc1. The van der Waals surface area contributed by atoms with Crippen LogP contribution in [-0.2, 0) is 4.74 Å². The van der Waals surface area contributed by atoms with Crippen LogP contribution in [-0.4, -0.2) is 21.6 Å². The summed E-state index contributed by atoms with van der Waals surface area (Å²) in [6.07, 6.45) is 7.80. The van der Waals surface area contributed by atoms with Crippen LogP contribution in [0.3, 0.4) is 0 Å². The maximum atomic E-state index is 6.19. The topological polar surface area (TPSA) is 9.23 Å². The molecule has 1 radical (unpaired) electrons. The molecule has 22 heavy (non-hydrogen) atoms. The maximum absolute atomic E-state index is 6.19. The molecule has 0 aromatic heterocycles. The van der Waals surface area contributed by atoms with E-state index in [4.69, 9.17) is 4.74 Å². The minimum absolute atomic E-state index is 0.795. The van der Waals surface area contributed by atoms with Crippen LogP contribution in [0.5, 0.6) is 0 Å². The second kappa shape index (κ2) is 8.30. The highest BCUT2D eigenvalue weighted by Crippen LogP contribution is 2.23. The highest BCUT2D eigenvalue weighted by molar-refractivity contribution is 6.85. The summed E-state index contributed by atoms with van der Waals surface area (Å²) in [6.45, 7) is 0.952. The summed E-state index contributed by atoms with van der Waals surface area (Å²) in [5.74, 6) is 0.795. The lowest BCUT2D eigenvalue weighted by Gasteiger charge is -2.23. The van der Waals surface area contributed by atoms with Gasteiger partial charge < -0.3 is 4.74 Å². The first-order valence-corrected chi connectivity index (χ1v) is 10.2. The molecule has 115 valence electrons. The van der Waals surface area contributed by atoms with Crippen LogP contribution in [0.2, 0.25) is 0 Å². The number of hydrogen-bond acceptors (Lipinski definition) is 1. The van der Waals surface area contributed by atoms with Crippen molar-refractivity contribution in [2.24, 2.45) is 5.92 Å². The van der Waals surface area contributed by atoms with Crippen molar-refractivity contribution in [2.75, 3.05) is 12.8 Å². The number of benzene rings is 2. The summed E-state index contributed by atoms with van der Waals surface area (Å²) in [6, 6.07) is 21.8. The molecule has 0 heterocycles. The van der Waals surface area contributed by atoms with Crippen molar-refractivity contribution in [1.29, 1.82) is 0 Å². The highest BCUT2D eigenvalue weighted by atomic mass is 28.3. The minimum Gasteiger partial charge on any atom is -0.384 e. The van der Waals surface area contributed by atoms with Crippen LogP contribution in [0.4, 0.5) is 0 Å². The van der Waals surface area contributed by atoms with Crippen LogP contribution < -0.4 is 10.4 Å². The molecule has 2 aromatic carbocycles. The molecular formula is C20H25OSi. The summed E-state index contributed by atoms with van der Waals surface area (Å²) >= 11 is 0. The van der Waals surface area contributed by atoms with Crippen molar-refractivity contribution < 1.29 is 4.74 Å². The molecule has 0 saturated heterocycles. The molecule has 2 heteroatoms. The van der Waals surface area contributed by atoms with E-state index in [0.29, 0.717) is 0 Å². The van der Waals surface area contributed by atoms with Gasteiger partial charge in [-0.25, -0.2) is 0 Å². The van der Waals surface area contributed by atoms with Gasteiger partial charge in [0.1, 0.15) is 0 Å². The summed E-state index contributed by atoms with van der Waals surface area (Å²) in [5, 5.41) is 2.89. The fourth-order valence-corrected chi connectivity index (χ4v) is 5.47. The Balaban J connectivity index is 1.64. The molecule has 0 atom stereocenters. The molecule has 1 saturated carbocycles. The first-order valence-electron chi connectivity index (χ1n) is 8.48. The van der Waals surface area contributed by atoms with Gasteiger partial charge in [0.2, 0.25) is 0 Å². The highest BCUT2D eigenvalue weighted by Gasteiger charge is 2.19. The first-order chi connectivity index (χ1) is 10.9. The fourth-order valence-electron chi connectivity index (χ4n) is 3.29. The predicted molar refractivity (Wildman–Crippen MR) is 95.3 cm³/mol. The third-order valence-electron chi connectivity index (χ3n) is 4.57. The standard InChI is InChI=1S/C20H25OSi/c1-4-10-18(11-5-1)16-21-17-22(19-12-6-2-7-13-19)20-14-8-3-9-15-20/h2-3,6-9,12-15,18H,1,4-5,10-11,16-17H2. The van der Waals surface area contributed by atoms with Gasteiger partial charge in [-0.15, -0.1) is 0 Å². The molecule has 0 aliphatic heterocycles. The summed E-state index contributed by atoms with van der Waals surface area (Å²) in [5.41, 5.74) is 0. The van der Waals surface area contributed by atoms with Gasteiger partial charge in [0.25, 0.3) is 0 Å². The summed E-state index contributed by atoms with van der Waals surface area (Å²) in [7, 11) is -0.822. The average Bonchev–Trinajstić information content (AvgIpc) is 2.61. The third-order valence-corrected chi connectivity index (χ3v) is 7.12. The van der Waals surface area contributed by atoms with Gasteiger partial charge in [-0.05, 0) is 18.8 Å². The van der Waals surface area contributed by atoms with Gasteiger partial charge >= 0.3 is 0 Å². The molecular weight excluding hydrogens is 284 g/mol. The fraction of sp³-hybridized carbons (Fsp3) is 0.400. The normalized spacial score (nSPS) is 16.0. The van der Waals surface area contributed by atoms with E-state index in [1.807, 2.05) is 0 Å². The van der Waals surface area contributed by atoms with E-state index in [-0.39, 0.29) is 0 Å². The lowest BCUT2D eigenvalue weighted by molar-refractivity contribution is 0.116. The number of hydrogen-bond donors (Lipinski definition) is 0. The van der Waals surface area contributed by atoms with Crippen molar-refractivity contribution in [3.63, 3.8) is 0 Å². The van der Waals surface area contributed by atoms with Crippen LogP contribution in [0.25, 0.3) is 0 Å². The Hall–Kier alpha value is -1.38. The van der Waals surface area contributed by atoms with E-state index in [9.17, 15) is 0 Å². The van der Waals surface area contributed by atoms with Crippen molar-refractivity contribution in [2.45, 2.75) is 32.1 Å². The average molecular weight is 310 g/mol. The third kappa shape index (κ3) is 4.31. The Morgan fingerprint density at radius 1 is 0.773 bits per heavy atom. The van der Waals surface area contributed by atoms with Gasteiger partial charge in [-0.1, -0.05) is 90.3 Å². The van der Waals surface area contributed by atoms with Crippen molar-refractivity contribution in [1.82, 2.24) is 0 Å². The second-order valence-corrected chi connectivity index (χ2v) is 8.63. The largest absolute Gasteiger partial charge is 0.384 e. The molecule has 3 rings (SSSR count). The van der Waals surface area contributed by atoms with Gasteiger partial charge in [-0.3, -0.25) is 0 Å². The van der Waals surface area contributed by atoms with Crippen molar-refractivity contribution >= 4 is 19.2 Å². The monoisotopic (exact) mass is 309 g/mol. The van der Waals surface area contributed by atoms with Gasteiger partial charge in [0, 0.05) is 12.8 Å². The zero-order chi connectivity index (χ0) is 15.0. The lowest BCUT2D eigenvalue weighted by atomic mass is 9.90. The predicted octanol–water partition coefficient (Wildman–Crippen LogP) is 3.43. The van der Waals surface area contributed by atoms with E-state index < -0.39 is 8.80 Å². The zero-order valence-electron chi connectivity index (χ0n) is 13.2. The molecule has 0 unspecified atom stereocenters. The Kier molecular flexibility index (Phi) is 5.85.